The van der Waals surface area contributed by atoms with Gasteiger partial charge in [-0.15, -0.1) is 0 Å². The zero-order valence-corrected chi connectivity index (χ0v) is 8.51. The molecule has 0 atom stereocenters. The molecule has 0 spiro atoms. The molecule has 0 fully saturated rings. The highest BCUT2D eigenvalue weighted by Gasteiger charge is 2.07. The van der Waals surface area contributed by atoms with E-state index in [-0.39, 0.29) is 0 Å². The first-order valence-electron chi connectivity index (χ1n) is 4.67. The molecule has 0 unspecified atom stereocenters. The summed E-state index contributed by atoms with van der Waals surface area (Å²) in [7, 11) is 1.95. The van der Waals surface area contributed by atoms with Crippen LogP contribution in [0.2, 0.25) is 0 Å². The minimum atomic E-state index is 0.577. The van der Waals surface area contributed by atoms with Gasteiger partial charge in [0, 0.05) is 13.2 Å². The van der Waals surface area contributed by atoms with Crippen LogP contribution in [0.5, 0.6) is 0 Å². The van der Waals surface area contributed by atoms with E-state index in [9.17, 15) is 0 Å². The summed E-state index contributed by atoms with van der Waals surface area (Å²) in [6.45, 7) is 0.713. The molecule has 2 aromatic rings. The van der Waals surface area contributed by atoms with Crippen LogP contribution in [-0.4, -0.2) is 22.2 Å². The first-order valence-corrected chi connectivity index (χ1v) is 4.67. The molecule has 0 saturated heterocycles. The molecule has 5 heteroatoms. The van der Waals surface area contributed by atoms with Gasteiger partial charge in [0.25, 0.3) is 0 Å². The molecule has 2 aromatic heterocycles. The Bertz CT molecular complexity index is 422. The van der Waals surface area contributed by atoms with E-state index in [1.807, 2.05) is 30.1 Å². The van der Waals surface area contributed by atoms with Crippen molar-refractivity contribution in [2.24, 2.45) is 0 Å². The fourth-order valence-corrected chi connectivity index (χ4v) is 1.41. The molecular weight excluding hydrogens is 190 g/mol. The van der Waals surface area contributed by atoms with E-state index >= 15 is 0 Å². The minimum absolute atomic E-state index is 0.577. The van der Waals surface area contributed by atoms with Crippen LogP contribution in [0, 0.1) is 0 Å². The zero-order valence-electron chi connectivity index (χ0n) is 8.51. The highest BCUT2D eigenvalue weighted by atomic mass is 15.2. The minimum Gasteiger partial charge on any atom is -0.382 e. The fourth-order valence-electron chi connectivity index (χ4n) is 1.41. The number of hydrogen-bond donors (Lipinski definition) is 2. The van der Waals surface area contributed by atoms with Gasteiger partial charge in [0.15, 0.2) is 0 Å². The molecule has 0 amide bonds. The molecule has 0 saturated carbocycles. The van der Waals surface area contributed by atoms with Crippen molar-refractivity contribution in [2.45, 2.75) is 6.54 Å². The van der Waals surface area contributed by atoms with Crippen LogP contribution in [0.4, 0.5) is 11.5 Å². The van der Waals surface area contributed by atoms with Crippen molar-refractivity contribution < 1.29 is 0 Å². The second kappa shape index (κ2) is 4.00. The third-order valence-corrected chi connectivity index (χ3v) is 2.18. The summed E-state index contributed by atoms with van der Waals surface area (Å²) in [6, 6.07) is 5.84. The molecule has 78 valence electrons. The summed E-state index contributed by atoms with van der Waals surface area (Å²) in [6.07, 6.45) is 3.49. The van der Waals surface area contributed by atoms with Crippen molar-refractivity contribution in [2.75, 3.05) is 17.7 Å². The van der Waals surface area contributed by atoms with E-state index in [0.717, 1.165) is 11.4 Å². The molecule has 2 heterocycles. The number of nitrogens with one attached hydrogen (secondary N) is 1. The van der Waals surface area contributed by atoms with Gasteiger partial charge in [-0.2, -0.15) is 5.10 Å². The van der Waals surface area contributed by atoms with E-state index in [1.54, 1.807) is 12.4 Å². The zero-order chi connectivity index (χ0) is 10.7. The maximum absolute atomic E-state index is 5.71. The predicted molar refractivity (Wildman–Crippen MR) is 59.3 cm³/mol. The molecule has 0 aromatic carbocycles. The lowest BCUT2D eigenvalue weighted by Gasteiger charge is -2.16. The van der Waals surface area contributed by atoms with Gasteiger partial charge in [0.05, 0.1) is 24.1 Å². The smallest absolute Gasteiger partial charge is 0.142 e. The summed E-state index contributed by atoms with van der Waals surface area (Å²) >= 11 is 0. The van der Waals surface area contributed by atoms with Crippen LogP contribution in [0.15, 0.2) is 30.6 Å². The maximum Gasteiger partial charge on any atom is 0.142 e. The molecular formula is C10H13N5. The lowest BCUT2D eigenvalue weighted by molar-refractivity contribution is 0.887. The third-order valence-electron chi connectivity index (χ3n) is 2.18. The number of nitrogens with zero attached hydrogens (tertiary/aromatic N) is 3. The van der Waals surface area contributed by atoms with E-state index in [4.69, 9.17) is 5.73 Å². The van der Waals surface area contributed by atoms with Crippen LogP contribution in [0.25, 0.3) is 0 Å². The van der Waals surface area contributed by atoms with Gasteiger partial charge in [-0.25, -0.2) is 0 Å². The summed E-state index contributed by atoms with van der Waals surface area (Å²) < 4.78 is 0. The average molecular weight is 203 g/mol. The van der Waals surface area contributed by atoms with E-state index in [1.165, 1.54) is 0 Å². The summed E-state index contributed by atoms with van der Waals surface area (Å²) in [4.78, 5) is 6.25. The van der Waals surface area contributed by atoms with E-state index in [0.29, 0.717) is 12.4 Å². The highest BCUT2D eigenvalue weighted by molar-refractivity contribution is 5.61. The van der Waals surface area contributed by atoms with Crippen molar-refractivity contribution in [3.63, 3.8) is 0 Å². The number of rotatable bonds is 3. The first-order chi connectivity index (χ1) is 7.27. The largest absolute Gasteiger partial charge is 0.382 e. The van der Waals surface area contributed by atoms with Crippen molar-refractivity contribution in [3.8, 4) is 0 Å². The Morgan fingerprint density at radius 1 is 1.47 bits per heavy atom. The predicted octanol–water partition coefficient (Wildman–Crippen LogP) is 1.02. The average Bonchev–Trinajstić information content (AvgIpc) is 2.66. The summed E-state index contributed by atoms with van der Waals surface area (Å²) in [5.41, 5.74) is 7.61. The van der Waals surface area contributed by atoms with Crippen molar-refractivity contribution in [3.05, 3.63) is 36.3 Å². The molecule has 0 aliphatic carbocycles. The molecule has 0 radical (unpaired) electrons. The molecule has 2 rings (SSSR count). The fraction of sp³-hybridized carbons (Fsp3) is 0.200. The normalized spacial score (nSPS) is 10.2. The SMILES string of the molecule is CN(Cc1ccccn1)c1cn[nH]c1N. The Morgan fingerprint density at radius 2 is 2.33 bits per heavy atom. The Morgan fingerprint density at radius 3 is 2.93 bits per heavy atom. The van der Waals surface area contributed by atoms with Crippen LogP contribution in [-0.2, 0) is 6.54 Å². The standard InChI is InChI=1S/C10H13N5/c1-15(9-6-13-14-10(9)11)7-8-4-2-3-5-12-8/h2-6H,7H2,1H3,(H3,11,13,14). The summed E-state index contributed by atoms with van der Waals surface area (Å²) in [5.74, 6) is 0.577. The molecule has 15 heavy (non-hydrogen) atoms. The number of anilines is 2. The van der Waals surface area contributed by atoms with Crippen molar-refractivity contribution in [1.82, 2.24) is 15.2 Å². The number of H-pyrrole nitrogens is 1. The van der Waals surface area contributed by atoms with Crippen molar-refractivity contribution in [1.29, 1.82) is 0 Å². The Labute approximate surface area is 87.9 Å². The molecule has 0 aliphatic rings. The number of pyridine rings is 1. The lowest BCUT2D eigenvalue weighted by Crippen LogP contribution is -2.17. The number of nitrogen functional groups attached to an aromatic ring is 1. The van der Waals surface area contributed by atoms with Crippen LogP contribution in [0.3, 0.4) is 0 Å². The Hall–Kier alpha value is -2.04. The van der Waals surface area contributed by atoms with Gasteiger partial charge in [0.2, 0.25) is 0 Å². The van der Waals surface area contributed by atoms with Gasteiger partial charge >= 0.3 is 0 Å². The van der Waals surface area contributed by atoms with Gasteiger partial charge in [0.1, 0.15) is 5.82 Å². The highest BCUT2D eigenvalue weighted by Crippen LogP contribution is 2.19. The topological polar surface area (TPSA) is 70.8 Å². The van der Waals surface area contributed by atoms with Gasteiger partial charge < -0.3 is 10.6 Å². The monoisotopic (exact) mass is 203 g/mol. The molecule has 5 nitrogen and oxygen atoms in total. The Kier molecular flexibility index (Phi) is 2.53. The number of aromatic amines is 1. The van der Waals surface area contributed by atoms with Crippen LogP contribution >= 0.6 is 0 Å². The number of aromatic nitrogens is 3. The van der Waals surface area contributed by atoms with E-state index < -0.39 is 0 Å². The van der Waals surface area contributed by atoms with Gasteiger partial charge in [-0.1, -0.05) is 6.07 Å². The molecule has 3 N–H and O–H groups in total. The van der Waals surface area contributed by atoms with Crippen LogP contribution < -0.4 is 10.6 Å². The van der Waals surface area contributed by atoms with Crippen molar-refractivity contribution >= 4 is 11.5 Å². The van der Waals surface area contributed by atoms with Gasteiger partial charge in [-0.3, -0.25) is 10.1 Å². The maximum atomic E-state index is 5.71. The Balaban J connectivity index is 2.11. The number of hydrogen-bond acceptors (Lipinski definition) is 4. The lowest BCUT2D eigenvalue weighted by atomic mass is 10.3. The quantitative estimate of drug-likeness (QED) is 0.781. The van der Waals surface area contributed by atoms with Gasteiger partial charge in [-0.05, 0) is 12.1 Å². The third kappa shape index (κ3) is 2.07. The second-order valence-corrected chi connectivity index (χ2v) is 3.35. The molecule has 0 bridgehead atoms. The van der Waals surface area contributed by atoms with E-state index in [2.05, 4.69) is 15.2 Å². The second-order valence-electron chi connectivity index (χ2n) is 3.35. The molecule has 0 aliphatic heterocycles. The van der Waals surface area contributed by atoms with Crippen LogP contribution in [0.1, 0.15) is 5.69 Å². The first kappa shape index (κ1) is 9.51. The number of nitrogens with two attached hydrogens (primary N) is 1. The summed E-state index contributed by atoms with van der Waals surface area (Å²) in [5, 5.41) is 6.57.